The molecule has 4 amide bonds. The molecule has 1 saturated heterocycles. The Morgan fingerprint density at radius 3 is 2.41 bits per heavy atom. The van der Waals surface area contributed by atoms with Gasteiger partial charge in [0.1, 0.15) is 12.1 Å². The molecule has 1 aliphatic rings. The van der Waals surface area contributed by atoms with Crippen LogP contribution in [0.4, 0.5) is 9.18 Å². The fraction of sp³-hybridized carbons (Fsp3) is 0.375. The molecule has 0 aromatic heterocycles. The first-order valence-corrected chi connectivity index (χ1v) is 10.5. The summed E-state index contributed by atoms with van der Waals surface area (Å²) in [6.07, 6.45) is 1.95. The zero-order valence-corrected chi connectivity index (χ0v) is 18.8. The Balaban J connectivity index is 1.68. The molecule has 1 heterocycles. The second-order valence-corrected chi connectivity index (χ2v) is 8.11. The Kier molecular flexibility index (Phi) is 6.81. The minimum atomic E-state index is -1.24. The van der Waals surface area contributed by atoms with Crippen LogP contribution in [-0.4, -0.2) is 48.3 Å². The number of benzene rings is 2. The number of halogens is 1. The fourth-order valence-corrected chi connectivity index (χ4v) is 3.76. The van der Waals surface area contributed by atoms with E-state index in [1.165, 1.54) is 31.2 Å². The third kappa shape index (κ3) is 4.59. The van der Waals surface area contributed by atoms with Crippen molar-refractivity contribution in [2.24, 2.45) is 0 Å². The maximum atomic E-state index is 13.9. The molecular formula is C24H28FN3O4. The van der Waals surface area contributed by atoms with Gasteiger partial charge in [-0.15, -0.1) is 0 Å². The Bertz CT molecular complexity index is 1020. The molecule has 0 unspecified atom stereocenters. The number of carbonyl (C=O) groups is 3. The first kappa shape index (κ1) is 23.2. The van der Waals surface area contributed by atoms with Crippen LogP contribution in [-0.2, 0) is 28.1 Å². The maximum Gasteiger partial charge on any atom is 0.325 e. The van der Waals surface area contributed by atoms with Crippen molar-refractivity contribution >= 4 is 17.8 Å². The van der Waals surface area contributed by atoms with Crippen LogP contribution in [0.1, 0.15) is 37.0 Å². The van der Waals surface area contributed by atoms with Crippen LogP contribution in [0, 0.1) is 5.82 Å². The first-order valence-electron chi connectivity index (χ1n) is 10.5. The van der Waals surface area contributed by atoms with Gasteiger partial charge in [0.05, 0.1) is 7.11 Å². The zero-order chi connectivity index (χ0) is 23.5. The molecule has 0 saturated carbocycles. The molecule has 0 spiro atoms. The highest BCUT2D eigenvalue weighted by Gasteiger charge is 2.49. The van der Waals surface area contributed by atoms with E-state index >= 15 is 0 Å². The number of carbonyl (C=O) groups excluding carboxylic acids is 3. The number of likely N-dealkylation sites (N-methyl/N-ethyl adjacent to an activating group) is 1. The average molecular weight is 442 g/mol. The van der Waals surface area contributed by atoms with Crippen LogP contribution in [0.2, 0.25) is 0 Å². The Morgan fingerprint density at radius 1 is 1.16 bits per heavy atom. The Labute approximate surface area is 187 Å². The van der Waals surface area contributed by atoms with Crippen molar-refractivity contribution < 1.29 is 23.5 Å². The van der Waals surface area contributed by atoms with Crippen LogP contribution >= 0.6 is 0 Å². The van der Waals surface area contributed by atoms with Crippen LogP contribution in [0.25, 0.3) is 0 Å². The fourth-order valence-electron chi connectivity index (χ4n) is 3.76. The Hall–Kier alpha value is -3.42. The normalized spacial score (nSPS) is 18.0. The van der Waals surface area contributed by atoms with Gasteiger partial charge in [0, 0.05) is 13.6 Å². The van der Waals surface area contributed by atoms with Crippen molar-refractivity contribution in [2.75, 3.05) is 20.7 Å². The topological polar surface area (TPSA) is 79.0 Å². The molecule has 1 aliphatic heterocycles. The molecule has 0 aliphatic carbocycles. The number of ether oxygens (including phenoxy) is 1. The highest BCUT2D eigenvalue weighted by atomic mass is 19.1. The van der Waals surface area contributed by atoms with Gasteiger partial charge < -0.3 is 15.0 Å². The lowest BCUT2D eigenvalue weighted by Gasteiger charge is -2.23. The van der Waals surface area contributed by atoms with Gasteiger partial charge in [-0.2, -0.15) is 0 Å². The van der Waals surface area contributed by atoms with E-state index in [0.717, 1.165) is 23.3 Å². The van der Waals surface area contributed by atoms with Gasteiger partial charge in [-0.05, 0) is 42.2 Å². The molecule has 2 aromatic rings. The lowest BCUT2D eigenvalue weighted by molar-refractivity contribution is -0.138. The van der Waals surface area contributed by atoms with Crippen molar-refractivity contribution in [2.45, 2.75) is 38.8 Å². The van der Waals surface area contributed by atoms with E-state index in [-0.39, 0.29) is 12.3 Å². The quantitative estimate of drug-likeness (QED) is 0.638. The minimum Gasteiger partial charge on any atom is -0.494 e. The van der Waals surface area contributed by atoms with Gasteiger partial charge in [-0.3, -0.25) is 14.5 Å². The number of aryl methyl sites for hydroxylation is 1. The standard InChI is InChI=1S/C24H28FN3O4/c1-5-6-16-7-10-18(11-8-16)24(2)22(30)28(23(31)26-24)15-21(29)27(3)14-17-9-12-20(32-4)19(25)13-17/h7-13H,5-6,14-15H2,1-4H3,(H,26,31)/t24-/m1/s1. The Morgan fingerprint density at radius 2 is 1.81 bits per heavy atom. The molecule has 1 N–H and O–H groups in total. The van der Waals surface area contributed by atoms with E-state index in [2.05, 4.69) is 12.2 Å². The number of imide groups is 1. The molecule has 170 valence electrons. The number of methoxy groups -OCH3 is 1. The summed E-state index contributed by atoms with van der Waals surface area (Å²) in [7, 11) is 2.91. The molecule has 3 rings (SSSR count). The van der Waals surface area contributed by atoms with E-state index in [4.69, 9.17) is 4.74 Å². The summed E-state index contributed by atoms with van der Waals surface area (Å²) in [5, 5.41) is 2.72. The molecule has 1 atom stereocenters. The van der Waals surface area contributed by atoms with Crippen molar-refractivity contribution in [1.29, 1.82) is 0 Å². The highest BCUT2D eigenvalue weighted by Crippen LogP contribution is 2.29. The van der Waals surface area contributed by atoms with E-state index in [1.807, 2.05) is 24.3 Å². The largest absolute Gasteiger partial charge is 0.494 e. The molecular weight excluding hydrogens is 413 g/mol. The highest BCUT2D eigenvalue weighted by molar-refractivity contribution is 6.09. The molecule has 32 heavy (non-hydrogen) atoms. The SMILES string of the molecule is CCCc1ccc([C@@]2(C)NC(=O)N(CC(=O)N(C)Cc3ccc(OC)c(F)c3)C2=O)cc1. The van der Waals surface area contributed by atoms with Crippen LogP contribution in [0.15, 0.2) is 42.5 Å². The molecule has 8 heteroatoms. The monoisotopic (exact) mass is 441 g/mol. The second-order valence-electron chi connectivity index (χ2n) is 8.11. The molecule has 0 bridgehead atoms. The molecule has 2 aromatic carbocycles. The van der Waals surface area contributed by atoms with E-state index in [1.54, 1.807) is 13.0 Å². The van der Waals surface area contributed by atoms with E-state index < -0.39 is 35.7 Å². The average Bonchev–Trinajstić information content (AvgIpc) is 2.98. The first-order chi connectivity index (χ1) is 15.2. The summed E-state index contributed by atoms with van der Waals surface area (Å²) < 4.78 is 18.8. The van der Waals surface area contributed by atoms with E-state index in [9.17, 15) is 18.8 Å². The van der Waals surface area contributed by atoms with Gasteiger partial charge in [0.15, 0.2) is 11.6 Å². The number of hydrogen-bond donors (Lipinski definition) is 1. The predicted molar refractivity (Wildman–Crippen MR) is 117 cm³/mol. The number of amides is 4. The molecule has 7 nitrogen and oxygen atoms in total. The number of hydrogen-bond acceptors (Lipinski definition) is 4. The van der Waals surface area contributed by atoms with Gasteiger partial charge in [0.2, 0.25) is 5.91 Å². The third-order valence-electron chi connectivity index (χ3n) is 5.70. The zero-order valence-electron chi connectivity index (χ0n) is 18.8. The second kappa shape index (κ2) is 9.38. The number of urea groups is 1. The number of nitrogens with one attached hydrogen (secondary N) is 1. The number of rotatable bonds is 8. The van der Waals surface area contributed by atoms with Crippen LogP contribution < -0.4 is 10.1 Å². The van der Waals surface area contributed by atoms with Gasteiger partial charge in [-0.25, -0.2) is 9.18 Å². The van der Waals surface area contributed by atoms with Crippen LogP contribution in [0.3, 0.4) is 0 Å². The van der Waals surface area contributed by atoms with Gasteiger partial charge in [-0.1, -0.05) is 43.7 Å². The maximum absolute atomic E-state index is 13.9. The summed E-state index contributed by atoms with van der Waals surface area (Å²) >= 11 is 0. The lowest BCUT2D eigenvalue weighted by atomic mass is 9.91. The number of nitrogens with zero attached hydrogens (tertiary/aromatic N) is 2. The molecule has 0 radical (unpaired) electrons. The summed E-state index contributed by atoms with van der Waals surface area (Å²) in [6, 6.07) is 11.4. The van der Waals surface area contributed by atoms with Crippen molar-refractivity contribution in [3.05, 3.63) is 65.0 Å². The summed E-state index contributed by atoms with van der Waals surface area (Å²) in [5.74, 6) is -1.33. The predicted octanol–water partition coefficient (Wildman–Crippen LogP) is 3.21. The lowest BCUT2D eigenvalue weighted by Crippen LogP contribution is -2.43. The third-order valence-corrected chi connectivity index (χ3v) is 5.70. The molecule has 1 fully saturated rings. The van der Waals surface area contributed by atoms with Crippen LogP contribution in [0.5, 0.6) is 5.75 Å². The van der Waals surface area contributed by atoms with Crippen molar-refractivity contribution in [3.63, 3.8) is 0 Å². The smallest absolute Gasteiger partial charge is 0.325 e. The van der Waals surface area contributed by atoms with E-state index in [0.29, 0.717) is 11.1 Å². The minimum absolute atomic E-state index is 0.115. The summed E-state index contributed by atoms with van der Waals surface area (Å²) in [6.45, 7) is 3.45. The van der Waals surface area contributed by atoms with Gasteiger partial charge >= 0.3 is 6.03 Å². The van der Waals surface area contributed by atoms with Crippen molar-refractivity contribution in [3.8, 4) is 5.75 Å². The van der Waals surface area contributed by atoms with Crippen molar-refractivity contribution in [1.82, 2.24) is 15.1 Å². The van der Waals surface area contributed by atoms with Gasteiger partial charge in [0.25, 0.3) is 5.91 Å². The summed E-state index contributed by atoms with van der Waals surface area (Å²) in [5.41, 5.74) is 1.14. The summed E-state index contributed by atoms with van der Waals surface area (Å²) in [4.78, 5) is 40.6.